The monoisotopic (exact) mass is 453 g/mol. The van der Waals surface area contributed by atoms with E-state index in [1.165, 1.54) is 25.7 Å². The van der Waals surface area contributed by atoms with Gasteiger partial charge in [-0.3, -0.25) is 4.79 Å². The minimum Gasteiger partial charge on any atom is -0.497 e. The molecule has 1 aliphatic heterocycles. The zero-order valence-corrected chi connectivity index (χ0v) is 18.6. The van der Waals surface area contributed by atoms with Gasteiger partial charge in [0.2, 0.25) is 11.8 Å². The summed E-state index contributed by atoms with van der Waals surface area (Å²) >= 11 is 0. The molecule has 1 aromatic carbocycles. The Morgan fingerprint density at radius 3 is 2.70 bits per heavy atom. The Morgan fingerprint density at radius 2 is 1.97 bits per heavy atom. The van der Waals surface area contributed by atoms with Crippen molar-refractivity contribution in [1.82, 2.24) is 15.6 Å². The van der Waals surface area contributed by atoms with Gasteiger partial charge in [0.15, 0.2) is 0 Å². The molecule has 8 heteroatoms. The van der Waals surface area contributed by atoms with Gasteiger partial charge in [0.1, 0.15) is 11.5 Å². The predicted octanol–water partition coefficient (Wildman–Crippen LogP) is 4.26. The number of hydrogen-bond donors (Lipinski definition) is 2. The van der Waals surface area contributed by atoms with Crippen LogP contribution in [0.1, 0.15) is 37.7 Å². The molecule has 1 saturated carbocycles. The number of fused-ring (bicyclic) bond motifs is 1. The number of carbonyl (C=O) groups is 1. The summed E-state index contributed by atoms with van der Waals surface area (Å²) in [5, 5.41) is 6.55. The Kier molecular flexibility index (Phi) is 9.21. The van der Waals surface area contributed by atoms with Gasteiger partial charge in [-0.05, 0) is 42.9 Å². The van der Waals surface area contributed by atoms with Gasteiger partial charge in [-0.15, -0.1) is 24.8 Å². The second-order valence-electron chi connectivity index (χ2n) is 7.61. The molecule has 2 aromatic rings. The smallest absolute Gasteiger partial charge is 0.237 e. The summed E-state index contributed by atoms with van der Waals surface area (Å²) < 4.78 is 10.9. The van der Waals surface area contributed by atoms with Crippen LogP contribution in [0.5, 0.6) is 17.4 Å². The van der Waals surface area contributed by atoms with Gasteiger partial charge in [0.25, 0.3) is 0 Å². The van der Waals surface area contributed by atoms with E-state index in [-0.39, 0.29) is 36.8 Å². The van der Waals surface area contributed by atoms with Crippen molar-refractivity contribution in [1.29, 1.82) is 0 Å². The van der Waals surface area contributed by atoms with Gasteiger partial charge < -0.3 is 20.1 Å². The van der Waals surface area contributed by atoms with Crippen LogP contribution < -0.4 is 20.1 Å². The van der Waals surface area contributed by atoms with Crippen LogP contribution in [0.3, 0.4) is 0 Å². The minimum atomic E-state index is -0.0586. The number of ether oxygens (including phenoxy) is 2. The van der Waals surface area contributed by atoms with Crippen LogP contribution in [-0.4, -0.2) is 30.1 Å². The van der Waals surface area contributed by atoms with E-state index in [4.69, 9.17) is 9.47 Å². The molecule has 2 aliphatic rings. The molecule has 1 saturated heterocycles. The Labute approximate surface area is 190 Å². The maximum atomic E-state index is 12.5. The number of nitrogens with one attached hydrogen (secondary N) is 2. The normalized spacial score (nSPS) is 22.1. The van der Waals surface area contributed by atoms with Crippen LogP contribution in [-0.2, 0) is 11.3 Å². The number of carbonyl (C=O) groups excluding carboxylic acids is 1. The van der Waals surface area contributed by atoms with E-state index in [1.807, 2.05) is 36.4 Å². The lowest BCUT2D eigenvalue weighted by Crippen LogP contribution is -2.42. The topological polar surface area (TPSA) is 72.5 Å². The zero-order valence-electron chi connectivity index (χ0n) is 17.0. The number of methoxy groups -OCH3 is 1. The van der Waals surface area contributed by atoms with Gasteiger partial charge in [-0.25, -0.2) is 4.98 Å². The fraction of sp³-hybridized carbons (Fsp3) is 0.455. The highest BCUT2D eigenvalue weighted by Gasteiger charge is 2.37. The molecule has 0 bridgehead atoms. The maximum absolute atomic E-state index is 12.5. The molecule has 2 heterocycles. The Morgan fingerprint density at radius 1 is 1.17 bits per heavy atom. The highest BCUT2D eigenvalue weighted by Crippen LogP contribution is 2.33. The highest BCUT2D eigenvalue weighted by atomic mass is 35.5. The van der Waals surface area contributed by atoms with Crippen molar-refractivity contribution in [3.05, 3.63) is 48.2 Å². The number of amides is 1. The lowest BCUT2D eigenvalue weighted by molar-refractivity contribution is -0.123. The number of pyridine rings is 1. The second-order valence-corrected chi connectivity index (χ2v) is 7.61. The van der Waals surface area contributed by atoms with Crippen molar-refractivity contribution in [3.8, 4) is 17.4 Å². The van der Waals surface area contributed by atoms with Gasteiger partial charge in [-0.1, -0.05) is 25.0 Å². The number of benzene rings is 1. The fourth-order valence-electron chi connectivity index (χ4n) is 4.19. The number of halogens is 2. The van der Waals surface area contributed by atoms with E-state index < -0.39 is 0 Å². The van der Waals surface area contributed by atoms with Gasteiger partial charge in [0.05, 0.1) is 13.2 Å². The van der Waals surface area contributed by atoms with Crippen molar-refractivity contribution < 1.29 is 14.3 Å². The first-order valence-corrected chi connectivity index (χ1v) is 10.0. The summed E-state index contributed by atoms with van der Waals surface area (Å²) in [6, 6.07) is 11.6. The maximum Gasteiger partial charge on any atom is 0.237 e. The molecule has 2 N–H and O–H groups in total. The van der Waals surface area contributed by atoms with E-state index in [0.717, 1.165) is 17.7 Å². The van der Waals surface area contributed by atoms with Crippen LogP contribution in [0.4, 0.5) is 0 Å². The van der Waals surface area contributed by atoms with Crippen LogP contribution >= 0.6 is 24.8 Å². The van der Waals surface area contributed by atoms with Gasteiger partial charge >= 0.3 is 0 Å². The first kappa shape index (κ1) is 24.3. The quantitative estimate of drug-likeness (QED) is 0.683. The van der Waals surface area contributed by atoms with Crippen LogP contribution in [0.25, 0.3) is 0 Å². The van der Waals surface area contributed by atoms with Crippen molar-refractivity contribution in [2.24, 2.45) is 5.92 Å². The molecule has 3 atom stereocenters. The van der Waals surface area contributed by atoms with E-state index in [0.29, 0.717) is 30.1 Å². The summed E-state index contributed by atoms with van der Waals surface area (Å²) in [6.45, 7) is 0.471. The van der Waals surface area contributed by atoms with E-state index in [9.17, 15) is 4.79 Å². The lowest BCUT2D eigenvalue weighted by Gasteiger charge is -2.24. The molecule has 0 spiro atoms. The molecule has 4 rings (SSSR count). The summed E-state index contributed by atoms with van der Waals surface area (Å²) in [6.07, 6.45) is 7.72. The van der Waals surface area contributed by atoms with Crippen LogP contribution in [0.15, 0.2) is 42.6 Å². The van der Waals surface area contributed by atoms with E-state index >= 15 is 0 Å². The Bertz CT molecular complexity index is 806. The number of aromatic nitrogens is 1. The summed E-state index contributed by atoms with van der Waals surface area (Å²) in [7, 11) is 1.62. The fourth-order valence-corrected chi connectivity index (χ4v) is 4.19. The Balaban J connectivity index is 0.00000160. The molecule has 0 radical (unpaired) electrons. The summed E-state index contributed by atoms with van der Waals surface area (Å²) in [5.74, 6) is 2.66. The molecule has 1 aliphatic carbocycles. The molecule has 6 nitrogen and oxygen atoms in total. The third-order valence-corrected chi connectivity index (χ3v) is 5.71. The molecule has 1 amide bonds. The largest absolute Gasteiger partial charge is 0.497 e. The molecule has 1 aromatic heterocycles. The minimum absolute atomic E-state index is 0. The first-order chi connectivity index (χ1) is 13.7. The van der Waals surface area contributed by atoms with Gasteiger partial charge in [-0.2, -0.15) is 0 Å². The van der Waals surface area contributed by atoms with Crippen molar-refractivity contribution >= 4 is 30.7 Å². The zero-order chi connectivity index (χ0) is 19.3. The highest BCUT2D eigenvalue weighted by molar-refractivity contribution is 5.85. The first-order valence-electron chi connectivity index (χ1n) is 10.0. The number of hydrogen-bond acceptors (Lipinski definition) is 5. The van der Waals surface area contributed by atoms with Crippen LogP contribution in [0.2, 0.25) is 0 Å². The standard InChI is InChI=1S/C22H27N3O3.2ClH/c1-27-17-6-4-7-18(12-17)28-21-10-9-15(13-23-21)14-24-22(26)20-11-16-5-2-3-8-19(16)25-20;;/h4,6-7,9-10,12-13,16,19-20,25H,2-3,5,8,11,14H2,1H3,(H,24,26);2*1H. The van der Waals surface area contributed by atoms with Crippen molar-refractivity contribution in [2.45, 2.75) is 50.7 Å². The average molecular weight is 454 g/mol. The third kappa shape index (κ3) is 6.00. The number of nitrogens with zero attached hydrogens (tertiary/aromatic N) is 1. The molecular weight excluding hydrogens is 425 g/mol. The predicted molar refractivity (Wildman–Crippen MR) is 121 cm³/mol. The van der Waals surface area contributed by atoms with Crippen molar-refractivity contribution in [3.63, 3.8) is 0 Å². The number of rotatable bonds is 6. The molecule has 2 fully saturated rings. The summed E-state index contributed by atoms with van der Waals surface area (Å²) in [5.41, 5.74) is 0.946. The molecular formula is C22H29Cl2N3O3. The van der Waals surface area contributed by atoms with E-state index in [2.05, 4.69) is 15.6 Å². The Hall–Kier alpha value is -2.02. The second kappa shape index (κ2) is 11.4. The van der Waals surface area contributed by atoms with E-state index in [1.54, 1.807) is 13.3 Å². The summed E-state index contributed by atoms with van der Waals surface area (Å²) in [4.78, 5) is 16.8. The lowest BCUT2D eigenvalue weighted by atomic mass is 9.85. The average Bonchev–Trinajstić information content (AvgIpc) is 3.17. The molecule has 164 valence electrons. The third-order valence-electron chi connectivity index (χ3n) is 5.71. The van der Waals surface area contributed by atoms with Gasteiger partial charge in [0, 0.05) is 30.9 Å². The molecule has 30 heavy (non-hydrogen) atoms. The van der Waals surface area contributed by atoms with Crippen molar-refractivity contribution in [2.75, 3.05) is 7.11 Å². The molecule has 3 unspecified atom stereocenters. The van der Waals surface area contributed by atoms with Crippen LogP contribution in [0, 0.1) is 5.92 Å². The SMILES string of the molecule is COc1cccc(Oc2ccc(CNC(=O)C3CC4CCCCC4N3)cn2)c1.Cl.Cl.